The fourth-order valence-corrected chi connectivity index (χ4v) is 2.83. The predicted molar refractivity (Wildman–Crippen MR) is 81.7 cm³/mol. The monoisotopic (exact) mass is 274 g/mol. The van der Waals surface area contributed by atoms with E-state index in [0.717, 1.165) is 5.56 Å². The average Bonchev–Trinajstić information content (AvgIpc) is 2.78. The fraction of sp³-hybridized carbons (Fsp3) is 0.267. The molecule has 100 valence electrons. The van der Waals surface area contributed by atoms with Crippen LogP contribution in [-0.2, 0) is 5.41 Å². The largest absolute Gasteiger partial charge is 0.351 e. The Morgan fingerprint density at radius 2 is 1.74 bits per heavy atom. The molecule has 3 N–H and O–H groups in total. The Balaban J connectivity index is 2.23. The lowest BCUT2D eigenvalue weighted by molar-refractivity contribution is 0.259. The van der Waals surface area contributed by atoms with Crippen LogP contribution in [0.15, 0.2) is 36.4 Å². The molecule has 0 unspecified atom stereocenters. The van der Waals surface area contributed by atoms with Crippen LogP contribution in [0.2, 0.25) is 0 Å². The van der Waals surface area contributed by atoms with Crippen LogP contribution in [0.3, 0.4) is 0 Å². The van der Waals surface area contributed by atoms with E-state index >= 15 is 0 Å². The van der Waals surface area contributed by atoms with Crippen molar-refractivity contribution in [3.63, 3.8) is 0 Å². The molecule has 0 bridgehead atoms. The van der Waals surface area contributed by atoms with Gasteiger partial charge in [0, 0.05) is 15.4 Å². The molecule has 1 heterocycles. The van der Waals surface area contributed by atoms with E-state index < -0.39 is 6.03 Å². The van der Waals surface area contributed by atoms with Crippen LogP contribution in [0, 0.1) is 0 Å². The number of amides is 2. The quantitative estimate of drug-likeness (QED) is 0.847. The Morgan fingerprint density at radius 1 is 1.11 bits per heavy atom. The molecule has 1 aromatic carbocycles. The van der Waals surface area contributed by atoms with Gasteiger partial charge in [0.1, 0.15) is 0 Å². The molecule has 0 fully saturated rings. The van der Waals surface area contributed by atoms with Crippen LogP contribution in [0.1, 0.15) is 25.6 Å². The zero-order valence-corrected chi connectivity index (χ0v) is 12.2. The number of hydrogen-bond acceptors (Lipinski definition) is 2. The van der Waals surface area contributed by atoms with Crippen LogP contribution in [0.5, 0.6) is 0 Å². The van der Waals surface area contributed by atoms with Gasteiger partial charge in [0.15, 0.2) is 0 Å². The van der Waals surface area contributed by atoms with E-state index in [1.807, 2.05) is 24.3 Å². The van der Waals surface area contributed by atoms with Crippen molar-refractivity contribution in [2.24, 2.45) is 5.73 Å². The summed E-state index contributed by atoms with van der Waals surface area (Å²) in [4.78, 5) is 13.3. The Hall–Kier alpha value is -1.81. The maximum absolute atomic E-state index is 10.8. The van der Waals surface area contributed by atoms with E-state index in [1.54, 1.807) is 11.3 Å². The molecule has 19 heavy (non-hydrogen) atoms. The lowest BCUT2D eigenvalue weighted by Gasteiger charge is -2.15. The molecule has 0 radical (unpaired) electrons. The summed E-state index contributed by atoms with van der Waals surface area (Å²) in [5.41, 5.74) is 7.11. The summed E-state index contributed by atoms with van der Waals surface area (Å²) in [6, 6.07) is 11.5. The van der Waals surface area contributed by atoms with E-state index in [-0.39, 0.29) is 5.41 Å². The van der Waals surface area contributed by atoms with Gasteiger partial charge in [-0.2, -0.15) is 0 Å². The zero-order chi connectivity index (χ0) is 14.0. The van der Waals surface area contributed by atoms with Gasteiger partial charge < -0.3 is 11.1 Å². The van der Waals surface area contributed by atoms with Gasteiger partial charge >= 0.3 is 6.03 Å². The smallest absolute Gasteiger partial charge is 0.316 e. The molecule has 0 atom stereocenters. The third-order valence-electron chi connectivity index (χ3n) is 2.78. The molecule has 0 saturated carbocycles. The summed E-state index contributed by atoms with van der Waals surface area (Å²) < 4.78 is 0. The first-order chi connectivity index (χ1) is 8.86. The van der Waals surface area contributed by atoms with Crippen molar-refractivity contribution < 1.29 is 4.79 Å². The van der Waals surface area contributed by atoms with Crippen molar-refractivity contribution in [2.45, 2.75) is 26.2 Å². The number of benzene rings is 1. The molecule has 0 aliphatic heterocycles. The maximum Gasteiger partial charge on any atom is 0.316 e. The molecule has 2 rings (SSSR count). The summed E-state index contributed by atoms with van der Waals surface area (Å²) in [5, 5.41) is 2.56. The predicted octanol–water partition coefficient (Wildman–Crippen LogP) is 4.20. The molecule has 0 spiro atoms. The summed E-state index contributed by atoms with van der Waals surface area (Å²) in [6.45, 7) is 6.63. The number of urea groups is 1. The number of nitrogens with two attached hydrogens (primary N) is 1. The van der Waals surface area contributed by atoms with Crippen molar-refractivity contribution in [3.8, 4) is 10.4 Å². The van der Waals surface area contributed by atoms with Gasteiger partial charge in [-0.15, -0.1) is 11.3 Å². The second-order valence-electron chi connectivity index (χ2n) is 5.48. The summed E-state index contributed by atoms with van der Waals surface area (Å²) in [5.74, 6) is 0. The highest BCUT2D eigenvalue weighted by atomic mass is 32.1. The minimum absolute atomic E-state index is 0.177. The minimum atomic E-state index is -0.543. The van der Waals surface area contributed by atoms with Gasteiger partial charge in [-0.3, -0.25) is 0 Å². The normalized spacial score (nSPS) is 11.3. The van der Waals surface area contributed by atoms with Crippen molar-refractivity contribution >= 4 is 23.1 Å². The number of hydrogen-bond donors (Lipinski definition) is 2. The average molecular weight is 274 g/mol. The first kappa shape index (κ1) is 13.6. The first-order valence-corrected chi connectivity index (χ1v) is 6.95. The molecule has 0 aliphatic rings. The van der Waals surface area contributed by atoms with E-state index in [2.05, 4.69) is 38.2 Å². The van der Waals surface area contributed by atoms with Crippen LogP contribution in [-0.4, -0.2) is 6.03 Å². The van der Waals surface area contributed by atoms with E-state index in [0.29, 0.717) is 5.69 Å². The minimum Gasteiger partial charge on any atom is -0.351 e. The van der Waals surface area contributed by atoms with Crippen molar-refractivity contribution in [1.82, 2.24) is 0 Å². The summed E-state index contributed by atoms with van der Waals surface area (Å²) >= 11 is 1.80. The van der Waals surface area contributed by atoms with Crippen LogP contribution < -0.4 is 11.1 Å². The molecule has 3 nitrogen and oxygen atoms in total. The van der Waals surface area contributed by atoms with Crippen molar-refractivity contribution in [1.29, 1.82) is 0 Å². The zero-order valence-electron chi connectivity index (χ0n) is 11.4. The maximum atomic E-state index is 10.8. The Kier molecular flexibility index (Phi) is 3.62. The van der Waals surface area contributed by atoms with E-state index in [1.165, 1.54) is 9.75 Å². The number of anilines is 1. The standard InChI is InChI=1S/C15H18N2OS/c1-15(2,3)13-9-8-12(19-13)10-4-6-11(7-5-10)17-14(16)18/h4-9H,1-3H3,(H3,16,17,18). The van der Waals surface area contributed by atoms with Crippen LogP contribution in [0.4, 0.5) is 10.5 Å². The molecule has 2 aromatic rings. The Bertz CT molecular complexity index is 579. The molecular weight excluding hydrogens is 256 g/mol. The number of carbonyl (C=O) groups is 1. The fourth-order valence-electron chi connectivity index (χ4n) is 1.76. The third-order valence-corrected chi connectivity index (χ3v) is 4.34. The third kappa shape index (κ3) is 3.35. The summed E-state index contributed by atoms with van der Waals surface area (Å²) in [6.07, 6.45) is 0. The lowest BCUT2D eigenvalue weighted by Crippen LogP contribution is -2.19. The lowest BCUT2D eigenvalue weighted by atomic mass is 9.95. The Morgan fingerprint density at radius 3 is 2.21 bits per heavy atom. The van der Waals surface area contributed by atoms with Gasteiger partial charge in [-0.05, 0) is 35.2 Å². The van der Waals surface area contributed by atoms with Gasteiger partial charge in [0.2, 0.25) is 0 Å². The Labute approximate surface area is 117 Å². The topological polar surface area (TPSA) is 55.1 Å². The molecule has 0 saturated heterocycles. The SMILES string of the molecule is CC(C)(C)c1ccc(-c2ccc(NC(N)=O)cc2)s1. The van der Waals surface area contributed by atoms with Crippen molar-refractivity contribution in [3.05, 3.63) is 41.3 Å². The van der Waals surface area contributed by atoms with Crippen LogP contribution in [0.25, 0.3) is 10.4 Å². The van der Waals surface area contributed by atoms with Crippen LogP contribution >= 0.6 is 11.3 Å². The number of nitrogens with one attached hydrogen (secondary N) is 1. The molecular formula is C15H18N2OS. The molecule has 1 aromatic heterocycles. The number of primary amides is 1. The number of thiophene rings is 1. The van der Waals surface area contributed by atoms with E-state index in [4.69, 9.17) is 5.73 Å². The van der Waals surface area contributed by atoms with Gasteiger partial charge in [-0.1, -0.05) is 32.9 Å². The van der Waals surface area contributed by atoms with Gasteiger partial charge in [-0.25, -0.2) is 4.79 Å². The van der Waals surface area contributed by atoms with E-state index in [9.17, 15) is 4.79 Å². The van der Waals surface area contributed by atoms with Gasteiger partial charge in [0.25, 0.3) is 0 Å². The first-order valence-electron chi connectivity index (χ1n) is 6.13. The highest BCUT2D eigenvalue weighted by Gasteiger charge is 2.16. The molecule has 4 heteroatoms. The highest BCUT2D eigenvalue weighted by Crippen LogP contribution is 2.35. The molecule has 2 amide bonds. The number of carbonyl (C=O) groups excluding carboxylic acids is 1. The number of rotatable bonds is 2. The summed E-state index contributed by atoms with van der Waals surface area (Å²) in [7, 11) is 0. The second-order valence-corrected chi connectivity index (χ2v) is 6.56. The van der Waals surface area contributed by atoms with Gasteiger partial charge in [0.05, 0.1) is 0 Å². The molecule has 0 aliphatic carbocycles. The van der Waals surface area contributed by atoms with Crippen molar-refractivity contribution in [2.75, 3.05) is 5.32 Å². The second kappa shape index (κ2) is 5.05. The highest BCUT2D eigenvalue weighted by molar-refractivity contribution is 7.15.